The molecule has 0 radical (unpaired) electrons. The van der Waals surface area contributed by atoms with Crippen LogP contribution in [0, 0.1) is 5.82 Å². The number of hydrogen-bond donors (Lipinski definition) is 0. The Balaban J connectivity index is 1.52. The predicted molar refractivity (Wildman–Crippen MR) is 138 cm³/mol. The Bertz CT molecular complexity index is 1320. The number of carbonyl (C=O) groups is 1. The lowest BCUT2D eigenvalue weighted by atomic mass is 10.0. The molecule has 3 aromatic carbocycles. The zero-order valence-electron chi connectivity index (χ0n) is 19.0. The molecule has 0 amide bonds. The first-order valence-electron chi connectivity index (χ1n) is 11.0. The maximum atomic E-state index is 13.6. The lowest BCUT2D eigenvalue weighted by Crippen LogP contribution is -2.03. The summed E-state index contributed by atoms with van der Waals surface area (Å²) in [5, 5.41) is 1.38. The van der Waals surface area contributed by atoms with E-state index in [-0.39, 0.29) is 18.4 Å². The first-order valence-corrected chi connectivity index (χ1v) is 12.2. The second-order valence-electron chi connectivity index (χ2n) is 7.69. The van der Waals surface area contributed by atoms with Gasteiger partial charge in [-0.1, -0.05) is 60.1 Å². The number of nitrogens with zero attached hydrogens (tertiary/aromatic N) is 1. The number of carbonyl (C=O) groups excluding carboxylic acids is 1. The molecule has 1 aromatic heterocycles. The highest BCUT2D eigenvalue weighted by molar-refractivity contribution is 7.16. The number of rotatable bonds is 9. The molecule has 4 nitrogen and oxygen atoms in total. The minimum absolute atomic E-state index is 0.262. The van der Waals surface area contributed by atoms with Crippen LogP contribution in [0.15, 0.2) is 85.1 Å². The third-order valence-electron chi connectivity index (χ3n) is 5.17. The van der Waals surface area contributed by atoms with E-state index in [1.165, 1.54) is 19.1 Å². The van der Waals surface area contributed by atoms with E-state index in [0.29, 0.717) is 23.8 Å². The van der Waals surface area contributed by atoms with E-state index in [1.807, 2.05) is 48.7 Å². The van der Waals surface area contributed by atoms with E-state index in [2.05, 4.69) is 4.98 Å². The van der Waals surface area contributed by atoms with Crippen molar-refractivity contribution in [1.82, 2.24) is 4.98 Å². The molecule has 0 saturated heterocycles. The topological polar surface area (TPSA) is 48.4 Å². The van der Waals surface area contributed by atoms with Gasteiger partial charge in [-0.15, -0.1) is 11.3 Å². The average Bonchev–Trinajstić information content (AvgIpc) is 3.34. The monoisotopic (exact) mass is 507 g/mol. The van der Waals surface area contributed by atoms with Gasteiger partial charge in [0.05, 0.1) is 16.5 Å². The fraction of sp³-hybridized carbons (Fsp3) is 0.143. The van der Waals surface area contributed by atoms with E-state index >= 15 is 0 Å². The summed E-state index contributed by atoms with van der Waals surface area (Å²) in [5.41, 5.74) is 3.76. The molecule has 0 spiro atoms. The molecule has 4 aromatic rings. The van der Waals surface area contributed by atoms with Crippen molar-refractivity contribution >= 4 is 34.5 Å². The summed E-state index contributed by atoms with van der Waals surface area (Å²) in [6.45, 7) is 1.94. The van der Waals surface area contributed by atoms with Crippen LogP contribution < -0.4 is 4.74 Å². The minimum Gasteiger partial charge on any atom is -0.488 e. The van der Waals surface area contributed by atoms with Gasteiger partial charge in [0.15, 0.2) is 0 Å². The van der Waals surface area contributed by atoms with E-state index in [1.54, 1.807) is 35.6 Å². The smallest absolute Gasteiger partial charge is 0.302 e. The van der Waals surface area contributed by atoms with Gasteiger partial charge in [0.1, 0.15) is 23.2 Å². The summed E-state index contributed by atoms with van der Waals surface area (Å²) < 4.78 is 24.5. The highest BCUT2D eigenvalue weighted by Crippen LogP contribution is 2.33. The molecule has 0 fully saturated rings. The van der Waals surface area contributed by atoms with Crippen LogP contribution in [0.25, 0.3) is 16.1 Å². The summed E-state index contributed by atoms with van der Waals surface area (Å²) in [6, 6.07) is 21.8. The minimum atomic E-state index is -0.309. The molecule has 178 valence electrons. The van der Waals surface area contributed by atoms with Crippen molar-refractivity contribution in [2.75, 3.05) is 13.2 Å². The van der Waals surface area contributed by atoms with E-state index in [4.69, 9.17) is 21.1 Å². The Hall–Kier alpha value is -3.48. The summed E-state index contributed by atoms with van der Waals surface area (Å²) >= 11 is 7.97. The number of esters is 1. The summed E-state index contributed by atoms with van der Waals surface area (Å²) in [7, 11) is 0. The quantitative estimate of drug-likeness (QED) is 0.224. The van der Waals surface area contributed by atoms with Gasteiger partial charge < -0.3 is 9.47 Å². The van der Waals surface area contributed by atoms with Crippen LogP contribution in [-0.4, -0.2) is 24.2 Å². The normalized spacial score (nSPS) is 11.3. The van der Waals surface area contributed by atoms with Gasteiger partial charge in [-0.3, -0.25) is 4.79 Å². The fourth-order valence-electron chi connectivity index (χ4n) is 3.45. The highest BCUT2D eigenvalue weighted by atomic mass is 35.5. The molecule has 0 aliphatic rings. The van der Waals surface area contributed by atoms with Gasteiger partial charge in [0.25, 0.3) is 0 Å². The largest absolute Gasteiger partial charge is 0.488 e. The summed E-state index contributed by atoms with van der Waals surface area (Å²) in [4.78, 5) is 16.5. The molecule has 1 heterocycles. The molecule has 0 saturated carbocycles. The van der Waals surface area contributed by atoms with E-state index in [0.717, 1.165) is 32.1 Å². The highest BCUT2D eigenvalue weighted by Gasteiger charge is 2.12. The first kappa shape index (κ1) is 24.6. The fourth-order valence-corrected chi connectivity index (χ4v) is 4.69. The van der Waals surface area contributed by atoms with Crippen LogP contribution in [0.4, 0.5) is 4.39 Å². The molecule has 4 rings (SSSR count). The van der Waals surface area contributed by atoms with Crippen molar-refractivity contribution in [3.05, 3.63) is 112 Å². The maximum Gasteiger partial charge on any atom is 0.302 e. The second-order valence-corrected chi connectivity index (χ2v) is 9.12. The van der Waals surface area contributed by atoms with Gasteiger partial charge in [-0.25, -0.2) is 9.37 Å². The van der Waals surface area contributed by atoms with Gasteiger partial charge in [0.2, 0.25) is 0 Å². The third-order valence-corrected chi connectivity index (χ3v) is 6.54. The SMILES string of the molecule is CC(=O)OCCc1ccc(OC/C=C(\c2ccc(F)cc2)c2cnc(-c3ccccc3)s2)c(Cl)c1. The van der Waals surface area contributed by atoms with Crippen LogP contribution in [0.1, 0.15) is 22.9 Å². The van der Waals surface area contributed by atoms with Gasteiger partial charge in [0, 0.05) is 25.1 Å². The van der Waals surface area contributed by atoms with Crippen LogP contribution in [0.3, 0.4) is 0 Å². The number of benzene rings is 3. The summed E-state index contributed by atoms with van der Waals surface area (Å²) in [5.74, 6) is -0.0530. The Morgan fingerprint density at radius 3 is 2.57 bits per heavy atom. The predicted octanol–water partition coefficient (Wildman–Crippen LogP) is 7.22. The second kappa shape index (κ2) is 11.8. The summed E-state index contributed by atoms with van der Waals surface area (Å²) in [6.07, 6.45) is 4.34. The molecular weight excluding hydrogens is 485 g/mol. The van der Waals surface area contributed by atoms with Crippen molar-refractivity contribution < 1.29 is 18.7 Å². The van der Waals surface area contributed by atoms with Gasteiger partial charge >= 0.3 is 5.97 Å². The molecule has 0 aliphatic heterocycles. The zero-order valence-corrected chi connectivity index (χ0v) is 20.6. The number of hydrogen-bond acceptors (Lipinski definition) is 5. The first-order chi connectivity index (χ1) is 17.0. The van der Waals surface area contributed by atoms with Crippen LogP contribution in [0.5, 0.6) is 5.75 Å². The van der Waals surface area contributed by atoms with Crippen LogP contribution >= 0.6 is 22.9 Å². The molecule has 35 heavy (non-hydrogen) atoms. The van der Waals surface area contributed by atoms with Crippen molar-refractivity contribution in [3.63, 3.8) is 0 Å². The molecule has 0 aliphatic carbocycles. The number of thiazole rings is 1. The van der Waals surface area contributed by atoms with Gasteiger partial charge in [-0.2, -0.15) is 0 Å². The van der Waals surface area contributed by atoms with Crippen LogP contribution in [0.2, 0.25) is 5.02 Å². The van der Waals surface area contributed by atoms with Crippen molar-refractivity contribution in [3.8, 4) is 16.3 Å². The van der Waals surface area contributed by atoms with Crippen molar-refractivity contribution in [1.29, 1.82) is 0 Å². The number of halogens is 2. The van der Waals surface area contributed by atoms with Crippen molar-refractivity contribution in [2.45, 2.75) is 13.3 Å². The Labute approximate surface area is 212 Å². The number of ether oxygens (including phenoxy) is 2. The Morgan fingerprint density at radius 1 is 1.09 bits per heavy atom. The number of aromatic nitrogens is 1. The Kier molecular flexibility index (Phi) is 8.29. The molecule has 0 atom stereocenters. The molecular formula is C28H23ClFNO3S. The Morgan fingerprint density at radius 2 is 1.86 bits per heavy atom. The lowest BCUT2D eigenvalue weighted by Gasteiger charge is -2.10. The molecule has 0 unspecified atom stereocenters. The maximum absolute atomic E-state index is 13.6. The standard InChI is InChI=1S/C28H23ClFNO3S/c1-19(32)33-15-13-20-7-12-26(25(29)17-20)34-16-14-24(21-8-10-23(30)11-9-21)27-18-31-28(35-27)22-5-3-2-4-6-22/h2-12,14,17-18H,13,15-16H2,1H3/b24-14+. The third kappa shape index (κ3) is 6.78. The average molecular weight is 508 g/mol. The van der Waals surface area contributed by atoms with Crippen molar-refractivity contribution in [2.24, 2.45) is 0 Å². The van der Waals surface area contributed by atoms with E-state index < -0.39 is 0 Å². The molecule has 0 N–H and O–H groups in total. The van der Waals surface area contributed by atoms with Gasteiger partial charge in [-0.05, 0) is 47.0 Å². The molecule has 0 bridgehead atoms. The lowest BCUT2D eigenvalue weighted by molar-refractivity contribution is -0.140. The molecule has 7 heteroatoms. The zero-order chi connectivity index (χ0) is 24.6. The van der Waals surface area contributed by atoms with E-state index in [9.17, 15) is 9.18 Å². The van der Waals surface area contributed by atoms with Crippen LogP contribution in [-0.2, 0) is 16.0 Å².